The van der Waals surface area contributed by atoms with Gasteiger partial charge in [-0.3, -0.25) is 14.6 Å². The average Bonchev–Trinajstić information content (AvgIpc) is 3.61. The van der Waals surface area contributed by atoms with Crippen LogP contribution in [0.4, 0.5) is 5.00 Å². The lowest BCUT2D eigenvalue weighted by atomic mass is 9.75. The molecule has 2 fully saturated rings. The van der Waals surface area contributed by atoms with Gasteiger partial charge in [-0.15, -0.1) is 11.3 Å². The van der Waals surface area contributed by atoms with Gasteiger partial charge in [0.1, 0.15) is 12.6 Å². The Labute approximate surface area is 233 Å². The number of hydrogen-bond donors (Lipinski definition) is 1. The van der Waals surface area contributed by atoms with Gasteiger partial charge in [0.25, 0.3) is 0 Å². The number of anilines is 1. The molecule has 3 aromatic rings. The first-order valence-electron chi connectivity index (χ1n) is 13.9. The first kappa shape index (κ1) is 26.2. The maximum atomic E-state index is 13.2. The van der Waals surface area contributed by atoms with Crippen molar-refractivity contribution in [3.05, 3.63) is 58.6 Å². The number of ketones is 1. The van der Waals surface area contributed by atoms with E-state index in [1.54, 1.807) is 11.3 Å². The molecule has 6 rings (SSSR count). The van der Waals surface area contributed by atoms with Crippen LogP contribution in [0.25, 0.3) is 22.4 Å². The van der Waals surface area contributed by atoms with Crippen molar-refractivity contribution in [3.8, 4) is 22.4 Å². The van der Waals surface area contributed by atoms with Gasteiger partial charge in [0.2, 0.25) is 0 Å². The number of nitrogens with one attached hydrogen (secondary N) is 1. The van der Waals surface area contributed by atoms with E-state index in [0.717, 1.165) is 76.7 Å². The van der Waals surface area contributed by atoms with E-state index >= 15 is 0 Å². The third-order valence-corrected chi connectivity index (χ3v) is 9.17. The van der Waals surface area contributed by atoms with Crippen LogP contribution in [0.2, 0.25) is 0 Å². The standard InChI is InChI=1S/C31H35N3O4S/c1-31(2)17-23-27(29(34-11-13-37-14-12-34)39-28(23)26(35)18-31)22-8-10-33-25(16-22)21-6-3-5-20(15-21)19-38-30(36)24-7-4-9-32-24/h3,5-6,8,10,15-16,24,32H,4,7,9,11-14,17-19H2,1-2H3/t24-/m0/s1. The number of aromatic nitrogens is 1. The first-order chi connectivity index (χ1) is 18.9. The van der Waals surface area contributed by atoms with Gasteiger partial charge in [0, 0.05) is 36.8 Å². The van der Waals surface area contributed by atoms with Gasteiger partial charge in [-0.05, 0) is 66.1 Å². The van der Waals surface area contributed by atoms with Crippen LogP contribution in [0, 0.1) is 5.41 Å². The summed E-state index contributed by atoms with van der Waals surface area (Å²) >= 11 is 1.64. The van der Waals surface area contributed by atoms with Gasteiger partial charge < -0.3 is 19.7 Å². The number of hydrogen-bond acceptors (Lipinski definition) is 8. The number of Topliss-reactive ketones (excluding diaryl/α,β-unsaturated/α-hetero) is 1. The normalized spacial score (nSPS) is 20.6. The van der Waals surface area contributed by atoms with Crippen LogP contribution in [0.15, 0.2) is 42.6 Å². The largest absolute Gasteiger partial charge is 0.460 e. The summed E-state index contributed by atoms with van der Waals surface area (Å²) in [4.78, 5) is 33.6. The third-order valence-electron chi connectivity index (χ3n) is 7.83. The van der Waals surface area contributed by atoms with Crippen molar-refractivity contribution in [2.24, 2.45) is 5.41 Å². The number of thiophene rings is 1. The molecule has 0 unspecified atom stereocenters. The summed E-state index contributed by atoms with van der Waals surface area (Å²) in [5.41, 5.74) is 6.09. The first-order valence-corrected chi connectivity index (χ1v) is 14.7. The minimum absolute atomic E-state index is 0.0716. The molecule has 1 aromatic carbocycles. The van der Waals surface area contributed by atoms with Gasteiger partial charge in [-0.2, -0.15) is 0 Å². The van der Waals surface area contributed by atoms with E-state index in [0.29, 0.717) is 19.6 Å². The Morgan fingerprint density at radius 1 is 1.18 bits per heavy atom. The summed E-state index contributed by atoms with van der Waals surface area (Å²) in [6.07, 6.45) is 5.14. The van der Waals surface area contributed by atoms with E-state index in [1.165, 1.54) is 5.56 Å². The van der Waals surface area contributed by atoms with Gasteiger partial charge in [-0.1, -0.05) is 32.0 Å². The number of nitrogens with zero attached hydrogens (tertiary/aromatic N) is 2. The maximum absolute atomic E-state index is 13.2. The molecule has 4 heterocycles. The topological polar surface area (TPSA) is 80.8 Å². The van der Waals surface area contributed by atoms with E-state index in [-0.39, 0.29) is 29.8 Å². The summed E-state index contributed by atoms with van der Waals surface area (Å²) in [7, 11) is 0. The minimum atomic E-state index is -0.194. The van der Waals surface area contributed by atoms with Crippen molar-refractivity contribution in [2.75, 3.05) is 37.7 Å². The second-order valence-electron chi connectivity index (χ2n) is 11.5. The molecule has 8 heteroatoms. The number of morpholine rings is 1. The zero-order valence-electron chi connectivity index (χ0n) is 22.6. The van der Waals surface area contributed by atoms with Crippen LogP contribution < -0.4 is 10.2 Å². The average molecular weight is 546 g/mol. The van der Waals surface area contributed by atoms with E-state index in [9.17, 15) is 9.59 Å². The van der Waals surface area contributed by atoms with E-state index in [1.807, 2.05) is 30.5 Å². The number of ether oxygens (including phenoxy) is 2. The van der Waals surface area contributed by atoms with E-state index in [2.05, 4.69) is 36.2 Å². The second kappa shape index (κ2) is 10.8. The molecule has 1 aliphatic carbocycles. The fourth-order valence-corrected chi connectivity index (χ4v) is 7.23. The molecule has 1 N–H and O–H groups in total. The number of esters is 1. The van der Waals surface area contributed by atoms with Gasteiger partial charge in [0.15, 0.2) is 5.78 Å². The number of benzene rings is 1. The summed E-state index contributed by atoms with van der Waals surface area (Å²) in [5, 5.41) is 4.35. The fraction of sp³-hybridized carbons (Fsp3) is 0.452. The van der Waals surface area contributed by atoms with Crippen molar-refractivity contribution < 1.29 is 19.1 Å². The van der Waals surface area contributed by atoms with Gasteiger partial charge in [0.05, 0.1) is 28.8 Å². The summed E-state index contributed by atoms with van der Waals surface area (Å²) in [5.74, 6) is 0.0599. The van der Waals surface area contributed by atoms with Crippen molar-refractivity contribution in [1.82, 2.24) is 10.3 Å². The monoisotopic (exact) mass is 545 g/mol. The highest BCUT2D eigenvalue weighted by molar-refractivity contribution is 7.19. The molecule has 0 spiro atoms. The Bertz CT molecular complexity index is 1390. The van der Waals surface area contributed by atoms with Crippen molar-refractivity contribution >= 4 is 28.1 Å². The molecular weight excluding hydrogens is 510 g/mol. The lowest BCUT2D eigenvalue weighted by Crippen LogP contribution is -2.36. The Hall–Kier alpha value is -3.07. The van der Waals surface area contributed by atoms with Crippen molar-refractivity contribution in [3.63, 3.8) is 0 Å². The smallest absolute Gasteiger partial charge is 0.323 e. The lowest BCUT2D eigenvalue weighted by molar-refractivity contribution is -0.147. The predicted octanol–water partition coefficient (Wildman–Crippen LogP) is 5.26. The van der Waals surface area contributed by atoms with Crippen LogP contribution in [-0.2, 0) is 27.3 Å². The van der Waals surface area contributed by atoms with Crippen LogP contribution >= 0.6 is 11.3 Å². The molecule has 0 saturated carbocycles. The Morgan fingerprint density at radius 2 is 2.03 bits per heavy atom. The SMILES string of the molecule is CC1(C)CC(=O)c2sc(N3CCOCC3)c(-c3ccnc(-c4cccc(COC(=O)[C@@H]5CCCN5)c4)c3)c2C1. The molecular formula is C31H35N3O4S. The highest BCUT2D eigenvalue weighted by atomic mass is 32.1. The molecule has 2 aliphatic heterocycles. The summed E-state index contributed by atoms with van der Waals surface area (Å²) in [6.45, 7) is 8.49. The molecule has 0 amide bonds. The van der Waals surface area contributed by atoms with Gasteiger partial charge in [-0.25, -0.2) is 0 Å². The second-order valence-corrected chi connectivity index (χ2v) is 12.5. The zero-order valence-corrected chi connectivity index (χ0v) is 23.4. The Balaban J connectivity index is 1.33. The van der Waals surface area contributed by atoms with Crippen LogP contribution in [0.1, 0.15) is 53.9 Å². The third kappa shape index (κ3) is 5.51. The summed E-state index contributed by atoms with van der Waals surface area (Å²) in [6, 6.07) is 12.0. The molecule has 2 saturated heterocycles. The molecule has 2 aromatic heterocycles. The van der Waals surface area contributed by atoms with E-state index < -0.39 is 0 Å². The molecule has 1 atom stereocenters. The highest BCUT2D eigenvalue weighted by Crippen LogP contribution is 2.49. The molecule has 3 aliphatic rings. The fourth-order valence-electron chi connectivity index (χ4n) is 5.89. The Kier molecular flexibility index (Phi) is 7.27. The van der Waals surface area contributed by atoms with Gasteiger partial charge >= 0.3 is 5.97 Å². The van der Waals surface area contributed by atoms with Crippen LogP contribution in [0.3, 0.4) is 0 Å². The van der Waals surface area contributed by atoms with Crippen LogP contribution in [0.5, 0.6) is 0 Å². The van der Waals surface area contributed by atoms with Crippen molar-refractivity contribution in [2.45, 2.75) is 52.2 Å². The molecule has 0 bridgehead atoms. The number of pyridine rings is 1. The number of rotatable bonds is 6. The van der Waals surface area contributed by atoms with Crippen molar-refractivity contribution in [1.29, 1.82) is 0 Å². The number of fused-ring (bicyclic) bond motifs is 1. The Morgan fingerprint density at radius 3 is 2.82 bits per heavy atom. The quantitative estimate of drug-likeness (QED) is 0.423. The maximum Gasteiger partial charge on any atom is 0.323 e. The molecule has 7 nitrogen and oxygen atoms in total. The lowest BCUT2D eigenvalue weighted by Gasteiger charge is -2.30. The molecule has 39 heavy (non-hydrogen) atoms. The molecule has 204 valence electrons. The predicted molar refractivity (Wildman–Crippen MR) is 153 cm³/mol. The zero-order chi connectivity index (χ0) is 27.0. The minimum Gasteiger partial charge on any atom is -0.460 e. The number of carbonyl (C=O) groups is 2. The van der Waals surface area contributed by atoms with Crippen LogP contribution in [-0.4, -0.2) is 55.6 Å². The van der Waals surface area contributed by atoms with E-state index in [4.69, 9.17) is 14.5 Å². The summed E-state index contributed by atoms with van der Waals surface area (Å²) < 4.78 is 11.2. The number of carbonyl (C=O) groups excluding carboxylic acids is 2. The molecule has 0 radical (unpaired) electrons. The highest BCUT2D eigenvalue weighted by Gasteiger charge is 2.37.